The lowest BCUT2D eigenvalue weighted by Crippen LogP contribution is -2.35. The fraction of sp³-hybridized carbons (Fsp3) is 0.350. The second-order valence-corrected chi connectivity index (χ2v) is 6.23. The molecule has 0 saturated carbocycles. The second kappa shape index (κ2) is 7.49. The second-order valence-electron chi connectivity index (χ2n) is 6.23. The Balaban J connectivity index is 1.78. The maximum absolute atomic E-state index is 12.8. The molecule has 1 saturated heterocycles. The monoisotopic (exact) mass is 324 g/mol. The smallest absolute Gasteiger partial charge is 0.322 e. The molecule has 2 aromatic rings. The van der Waals surface area contributed by atoms with Crippen molar-refractivity contribution in [1.29, 1.82) is 0 Å². The number of rotatable bonds is 4. The van der Waals surface area contributed by atoms with Gasteiger partial charge in [-0.15, -0.1) is 0 Å². The summed E-state index contributed by atoms with van der Waals surface area (Å²) in [5.41, 5.74) is 4.29. The van der Waals surface area contributed by atoms with E-state index in [0.717, 1.165) is 30.6 Å². The van der Waals surface area contributed by atoms with Crippen LogP contribution in [0, 0.1) is 6.92 Å². The average Bonchev–Trinajstić information content (AvgIpc) is 3.07. The Morgan fingerprint density at radius 3 is 2.75 bits per heavy atom. The van der Waals surface area contributed by atoms with Crippen LogP contribution in [0.5, 0.6) is 0 Å². The van der Waals surface area contributed by atoms with E-state index < -0.39 is 0 Å². The Kier molecular flexibility index (Phi) is 5.16. The minimum absolute atomic E-state index is 0.0377. The zero-order chi connectivity index (χ0) is 16.9. The van der Waals surface area contributed by atoms with Gasteiger partial charge in [0.05, 0.1) is 12.6 Å². The molecular formula is C20H24N2O2. The first-order valence-corrected chi connectivity index (χ1v) is 8.40. The van der Waals surface area contributed by atoms with Crippen molar-refractivity contribution in [1.82, 2.24) is 4.90 Å². The number of anilines is 1. The van der Waals surface area contributed by atoms with Crippen molar-refractivity contribution in [3.8, 4) is 0 Å². The number of benzene rings is 2. The van der Waals surface area contributed by atoms with Crippen LogP contribution in [0.2, 0.25) is 0 Å². The summed E-state index contributed by atoms with van der Waals surface area (Å²) < 4.78 is 5.22. The average molecular weight is 324 g/mol. The van der Waals surface area contributed by atoms with E-state index in [9.17, 15) is 4.79 Å². The molecule has 3 rings (SSSR count). The van der Waals surface area contributed by atoms with Crippen LogP contribution < -0.4 is 5.32 Å². The number of urea groups is 1. The highest BCUT2D eigenvalue weighted by molar-refractivity contribution is 5.90. The molecule has 1 atom stereocenters. The fourth-order valence-corrected chi connectivity index (χ4v) is 3.40. The lowest BCUT2D eigenvalue weighted by molar-refractivity contribution is 0.185. The van der Waals surface area contributed by atoms with Gasteiger partial charge in [-0.25, -0.2) is 4.79 Å². The van der Waals surface area contributed by atoms with E-state index in [0.29, 0.717) is 6.61 Å². The Bertz CT molecular complexity index is 714. The van der Waals surface area contributed by atoms with E-state index in [2.05, 4.69) is 24.4 Å². The van der Waals surface area contributed by atoms with E-state index in [4.69, 9.17) is 4.74 Å². The van der Waals surface area contributed by atoms with E-state index in [1.165, 1.54) is 11.1 Å². The van der Waals surface area contributed by atoms with Gasteiger partial charge in [-0.3, -0.25) is 0 Å². The third kappa shape index (κ3) is 3.44. The van der Waals surface area contributed by atoms with Gasteiger partial charge in [0.1, 0.15) is 0 Å². The molecule has 126 valence electrons. The van der Waals surface area contributed by atoms with Crippen LogP contribution in [-0.2, 0) is 11.3 Å². The third-order valence-corrected chi connectivity index (χ3v) is 4.62. The molecule has 1 aliphatic heterocycles. The Labute approximate surface area is 143 Å². The summed E-state index contributed by atoms with van der Waals surface area (Å²) in [6.45, 7) is 3.38. The van der Waals surface area contributed by atoms with Gasteiger partial charge in [-0.2, -0.15) is 0 Å². The molecule has 1 N–H and O–H groups in total. The molecule has 1 heterocycles. The molecule has 1 aliphatic rings. The normalized spacial score (nSPS) is 17.1. The number of amides is 2. The van der Waals surface area contributed by atoms with Crippen molar-refractivity contribution in [2.45, 2.75) is 32.4 Å². The van der Waals surface area contributed by atoms with Gasteiger partial charge in [-0.05, 0) is 37.0 Å². The molecule has 0 spiro atoms. The van der Waals surface area contributed by atoms with Crippen molar-refractivity contribution in [3.05, 3.63) is 65.2 Å². The Morgan fingerprint density at radius 1 is 1.21 bits per heavy atom. The summed E-state index contributed by atoms with van der Waals surface area (Å²) in [5, 5.41) is 3.06. The standard InChI is InChI=1S/C20H24N2O2/c1-15-8-3-5-10-17(15)19-12-7-13-22(19)20(23)21-18-11-6-4-9-16(18)14-24-2/h3-6,8-11,19H,7,12-14H2,1-2H3,(H,21,23)/t19-/m0/s1. The van der Waals surface area contributed by atoms with Crippen molar-refractivity contribution < 1.29 is 9.53 Å². The first-order chi connectivity index (χ1) is 11.7. The van der Waals surface area contributed by atoms with Gasteiger partial charge in [0.15, 0.2) is 0 Å². The van der Waals surface area contributed by atoms with Crippen molar-refractivity contribution in [2.24, 2.45) is 0 Å². The van der Waals surface area contributed by atoms with Crippen LogP contribution in [0.15, 0.2) is 48.5 Å². The highest BCUT2D eigenvalue weighted by atomic mass is 16.5. The summed E-state index contributed by atoms with van der Waals surface area (Å²) in [5.74, 6) is 0. The zero-order valence-electron chi connectivity index (χ0n) is 14.3. The fourth-order valence-electron chi connectivity index (χ4n) is 3.40. The lowest BCUT2D eigenvalue weighted by Gasteiger charge is -2.27. The number of ether oxygens (including phenoxy) is 1. The van der Waals surface area contributed by atoms with Gasteiger partial charge in [0.25, 0.3) is 0 Å². The number of likely N-dealkylation sites (tertiary alicyclic amines) is 1. The minimum atomic E-state index is -0.0377. The van der Waals surface area contributed by atoms with Crippen molar-refractivity contribution >= 4 is 11.7 Å². The van der Waals surface area contributed by atoms with Crippen LogP contribution in [0.3, 0.4) is 0 Å². The summed E-state index contributed by atoms with van der Waals surface area (Å²) in [7, 11) is 1.66. The zero-order valence-corrected chi connectivity index (χ0v) is 14.3. The van der Waals surface area contributed by atoms with Crippen molar-refractivity contribution in [2.75, 3.05) is 19.0 Å². The molecule has 2 amide bonds. The predicted octanol–water partition coefficient (Wildman–Crippen LogP) is 4.51. The highest BCUT2D eigenvalue weighted by Gasteiger charge is 2.30. The first-order valence-electron chi connectivity index (χ1n) is 8.40. The van der Waals surface area contributed by atoms with Gasteiger partial charge in [-0.1, -0.05) is 42.5 Å². The van der Waals surface area contributed by atoms with Gasteiger partial charge < -0.3 is 15.0 Å². The van der Waals surface area contributed by atoms with Crippen LogP contribution >= 0.6 is 0 Å². The molecule has 24 heavy (non-hydrogen) atoms. The minimum Gasteiger partial charge on any atom is -0.380 e. The molecule has 0 aliphatic carbocycles. The highest BCUT2D eigenvalue weighted by Crippen LogP contribution is 2.34. The van der Waals surface area contributed by atoms with Crippen LogP contribution in [-0.4, -0.2) is 24.6 Å². The first kappa shape index (κ1) is 16.5. The van der Waals surface area contributed by atoms with E-state index in [-0.39, 0.29) is 12.1 Å². The molecule has 0 bridgehead atoms. The Hall–Kier alpha value is -2.33. The molecular weight excluding hydrogens is 300 g/mol. The van der Waals surface area contributed by atoms with E-state index in [1.54, 1.807) is 7.11 Å². The summed E-state index contributed by atoms with van der Waals surface area (Å²) in [6.07, 6.45) is 2.05. The number of methoxy groups -OCH3 is 1. The number of aryl methyl sites for hydroxylation is 1. The number of hydrogen-bond donors (Lipinski definition) is 1. The SMILES string of the molecule is COCc1ccccc1NC(=O)N1CCC[C@H]1c1ccccc1C. The summed E-state index contributed by atoms with van der Waals surface area (Å²) in [4.78, 5) is 14.8. The summed E-state index contributed by atoms with van der Waals surface area (Å²) in [6, 6.07) is 16.2. The largest absolute Gasteiger partial charge is 0.380 e. The third-order valence-electron chi connectivity index (χ3n) is 4.62. The van der Waals surface area contributed by atoms with Gasteiger partial charge >= 0.3 is 6.03 Å². The molecule has 0 unspecified atom stereocenters. The molecule has 2 aromatic carbocycles. The maximum Gasteiger partial charge on any atom is 0.322 e. The van der Waals surface area contributed by atoms with Crippen LogP contribution in [0.4, 0.5) is 10.5 Å². The molecule has 0 radical (unpaired) electrons. The molecule has 1 fully saturated rings. The maximum atomic E-state index is 12.8. The molecule has 4 nitrogen and oxygen atoms in total. The molecule has 4 heteroatoms. The topological polar surface area (TPSA) is 41.6 Å². The number of nitrogens with one attached hydrogen (secondary N) is 1. The quantitative estimate of drug-likeness (QED) is 0.899. The van der Waals surface area contributed by atoms with Crippen LogP contribution in [0.25, 0.3) is 0 Å². The van der Waals surface area contributed by atoms with Crippen molar-refractivity contribution in [3.63, 3.8) is 0 Å². The van der Waals surface area contributed by atoms with Gasteiger partial charge in [0.2, 0.25) is 0 Å². The van der Waals surface area contributed by atoms with E-state index in [1.807, 2.05) is 41.3 Å². The predicted molar refractivity (Wildman–Crippen MR) is 96.0 cm³/mol. The number of nitrogens with zero attached hydrogens (tertiary/aromatic N) is 1. The van der Waals surface area contributed by atoms with Gasteiger partial charge in [0, 0.05) is 24.9 Å². The number of carbonyl (C=O) groups is 1. The number of carbonyl (C=O) groups excluding carboxylic acids is 1. The Morgan fingerprint density at radius 2 is 1.96 bits per heavy atom. The lowest BCUT2D eigenvalue weighted by atomic mass is 9.99. The van der Waals surface area contributed by atoms with E-state index >= 15 is 0 Å². The summed E-state index contributed by atoms with van der Waals surface area (Å²) >= 11 is 0. The number of hydrogen-bond acceptors (Lipinski definition) is 2. The molecule has 0 aromatic heterocycles. The number of para-hydroxylation sites is 1. The van der Waals surface area contributed by atoms with Crippen LogP contribution in [0.1, 0.15) is 35.6 Å².